The van der Waals surface area contributed by atoms with Gasteiger partial charge in [-0.05, 0) is 35.4 Å². The molecule has 0 fully saturated rings. The van der Waals surface area contributed by atoms with Crippen molar-refractivity contribution < 1.29 is 27.6 Å². The van der Waals surface area contributed by atoms with Gasteiger partial charge in [0.25, 0.3) is 0 Å². The van der Waals surface area contributed by atoms with Crippen molar-refractivity contribution in [2.45, 2.75) is 25.5 Å². The molecule has 2 atom stereocenters. The number of nitrogens with two attached hydrogens (primary N) is 1. The molecule has 0 aliphatic rings. The summed E-state index contributed by atoms with van der Waals surface area (Å²) in [6.07, 6.45) is -0.0999. The van der Waals surface area contributed by atoms with Crippen molar-refractivity contribution in [3.63, 3.8) is 0 Å². The third-order valence-electron chi connectivity index (χ3n) is 4.72. The summed E-state index contributed by atoms with van der Waals surface area (Å²) in [7, 11) is 0. The molecule has 0 radical (unpaired) electrons. The topological polar surface area (TPSA) is 53.9 Å². The fourth-order valence-corrected chi connectivity index (χ4v) is 3.68. The minimum Gasteiger partial charge on any atom is -1.00 e. The molecule has 0 aliphatic carbocycles. The van der Waals surface area contributed by atoms with E-state index in [1.807, 2.05) is 79.0 Å². The summed E-state index contributed by atoms with van der Waals surface area (Å²) in [5.74, 6) is 0.131. The van der Waals surface area contributed by atoms with E-state index in [1.165, 1.54) is 0 Å². The molecule has 0 saturated carbocycles. The molecule has 0 aromatic heterocycles. The lowest BCUT2D eigenvalue weighted by Crippen LogP contribution is -3.00. The van der Waals surface area contributed by atoms with Gasteiger partial charge >= 0.3 is 0 Å². The van der Waals surface area contributed by atoms with Crippen LogP contribution in [-0.2, 0) is 0 Å². The second-order valence-electron chi connectivity index (χ2n) is 6.55. The van der Waals surface area contributed by atoms with Gasteiger partial charge in [-0.1, -0.05) is 70.5 Å². The lowest BCUT2D eigenvalue weighted by atomic mass is 9.99. The van der Waals surface area contributed by atoms with Gasteiger partial charge in [0.1, 0.15) is 12.1 Å². The lowest BCUT2D eigenvalue weighted by molar-refractivity contribution is -0.693. The van der Waals surface area contributed by atoms with Crippen molar-refractivity contribution in [3.05, 3.63) is 82.3 Å². The Bertz CT molecular complexity index is 901. The van der Waals surface area contributed by atoms with Gasteiger partial charge in [0.15, 0.2) is 5.78 Å². The molecule has 0 aliphatic heterocycles. The second-order valence-corrected chi connectivity index (χ2v) is 7.41. The van der Waals surface area contributed by atoms with Crippen LogP contribution in [0.3, 0.4) is 0 Å². The van der Waals surface area contributed by atoms with Crippen LogP contribution in [0.5, 0.6) is 0 Å². The van der Waals surface area contributed by atoms with Gasteiger partial charge in [-0.2, -0.15) is 0 Å². The van der Waals surface area contributed by atoms with Gasteiger partial charge in [-0.15, -0.1) is 0 Å². The van der Waals surface area contributed by atoms with Gasteiger partial charge in [-0.3, -0.25) is 4.79 Å². The molecule has 0 saturated heterocycles. The van der Waals surface area contributed by atoms with E-state index >= 15 is 0 Å². The Hall–Kier alpha value is -1.72. The molecule has 3 aromatic carbocycles. The first-order valence-electron chi connectivity index (χ1n) is 8.84. The number of benzene rings is 3. The van der Waals surface area contributed by atoms with Gasteiger partial charge in [-0.25, -0.2) is 0 Å². The van der Waals surface area contributed by atoms with Crippen LogP contribution in [0.15, 0.2) is 71.2 Å². The highest BCUT2D eigenvalue weighted by atomic mass is 79.9. The van der Waals surface area contributed by atoms with E-state index in [4.69, 9.17) is 0 Å². The Morgan fingerprint density at radius 2 is 1.63 bits per heavy atom. The van der Waals surface area contributed by atoms with E-state index in [0.29, 0.717) is 13.0 Å². The zero-order valence-corrected chi connectivity index (χ0v) is 17.5. The lowest BCUT2D eigenvalue weighted by Gasteiger charge is -2.17. The van der Waals surface area contributed by atoms with Crippen molar-refractivity contribution in [3.8, 4) is 0 Å². The molecule has 2 unspecified atom stereocenters. The van der Waals surface area contributed by atoms with E-state index < -0.39 is 6.10 Å². The zero-order valence-electron chi connectivity index (χ0n) is 15.1. The van der Waals surface area contributed by atoms with Gasteiger partial charge in [0, 0.05) is 10.0 Å². The number of hydrogen-bond acceptors (Lipinski definition) is 2. The Labute approximate surface area is 174 Å². The number of carbonyl (C=O) groups is 1. The fourth-order valence-electron chi connectivity index (χ4n) is 3.20. The summed E-state index contributed by atoms with van der Waals surface area (Å²) in [4.78, 5) is 12.7. The minimum absolute atomic E-state index is 0. The number of quaternary nitrogens is 1. The molecule has 0 amide bonds. The van der Waals surface area contributed by atoms with Crippen LogP contribution in [0.1, 0.15) is 35.4 Å². The van der Waals surface area contributed by atoms with Crippen LogP contribution in [0.4, 0.5) is 0 Å². The number of hydrogen-bond donors (Lipinski definition) is 2. The number of Topliss-reactive ketones (excluding diaryl/α,β-unsaturated/α-hetero) is 1. The minimum atomic E-state index is -0.542. The second kappa shape index (κ2) is 10.00. The average Bonchev–Trinajstić information content (AvgIpc) is 2.68. The summed E-state index contributed by atoms with van der Waals surface area (Å²) in [5.41, 5.74) is 1.66. The molecule has 3 nitrogen and oxygen atoms in total. The standard InChI is InChI=1S/C22H22BrNO2.ClH/c1-15(22(26)16-7-3-2-4-8-16)24-14-13-21(25)19-11-12-20(23)18-10-6-5-9-17(18)19;/h2-12,15,22,24,26H,13-14H2,1H3;1H. The van der Waals surface area contributed by atoms with Crippen LogP contribution in [0.2, 0.25) is 0 Å². The van der Waals surface area contributed by atoms with E-state index in [-0.39, 0.29) is 24.2 Å². The summed E-state index contributed by atoms with van der Waals surface area (Å²) in [6.45, 7) is 2.63. The SMILES string of the molecule is CC([NH2+]CCC(=O)c1ccc(Br)c2ccccc12)C(O)c1ccccc1.[Cl-]. The average molecular weight is 449 g/mol. The van der Waals surface area contributed by atoms with Gasteiger partial charge < -0.3 is 22.8 Å². The molecule has 3 N–H and O–H groups in total. The third-order valence-corrected chi connectivity index (χ3v) is 5.41. The molecule has 3 rings (SSSR count). The Balaban J connectivity index is 0.00000261. The van der Waals surface area contributed by atoms with Crippen molar-refractivity contribution in [1.82, 2.24) is 0 Å². The van der Waals surface area contributed by atoms with Gasteiger partial charge in [0.05, 0.1) is 13.0 Å². The summed E-state index contributed by atoms with van der Waals surface area (Å²) in [5, 5.41) is 14.5. The first-order chi connectivity index (χ1) is 12.6. The molecule has 0 bridgehead atoms. The van der Waals surface area contributed by atoms with Crippen molar-refractivity contribution in [2.75, 3.05) is 6.54 Å². The maximum atomic E-state index is 12.7. The molecular weight excluding hydrogens is 426 g/mol. The first-order valence-corrected chi connectivity index (χ1v) is 9.64. The number of fused-ring (bicyclic) bond motifs is 1. The number of rotatable bonds is 7. The van der Waals surface area contributed by atoms with Gasteiger partial charge in [0.2, 0.25) is 0 Å². The number of carbonyl (C=O) groups excluding carboxylic acids is 1. The molecule has 3 aromatic rings. The van der Waals surface area contributed by atoms with E-state index in [2.05, 4.69) is 15.9 Å². The highest BCUT2D eigenvalue weighted by Crippen LogP contribution is 2.27. The van der Waals surface area contributed by atoms with Crippen molar-refractivity contribution in [2.24, 2.45) is 0 Å². The Morgan fingerprint density at radius 3 is 2.33 bits per heavy atom. The van der Waals surface area contributed by atoms with Crippen molar-refractivity contribution in [1.29, 1.82) is 0 Å². The monoisotopic (exact) mass is 447 g/mol. The van der Waals surface area contributed by atoms with Crippen LogP contribution >= 0.6 is 15.9 Å². The number of aliphatic hydroxyl groups excluding tert-OH is 1. The maximum Gasteiger partial charge on any atom is 0.169 e. The quantitative estimate of drug-likeness (QED) is 0.527. The largest absolute Gasteiger partial charge is 1.00 e. The van der Waals surface area contributed by atoms with Crippen molar-refractivity contribution >= 4 is 32.5 Å². The summed E-state index contributed by atoms with van der Waals surface area (Å²) in [6, 6.07) is 21.4. The molecule has 0 heterocycles. The molecule has 142 valence electrons. The molecule has 0 spiro atoms. The predicted octanol–water partition coefficient (Wildman–Crippen LogP) is 0.865. The highest BCUT2D eigenvalue weighted by molar-refractivity contribution is 9.10. The van der Waals surface area contributed by atoms with E-state index in [0.717, 1.165) is 26.4 Å². The predicted molar refractivity (Wildman–Crippen MR) is 108 cm³/mol. The number of halogens is 2. The number of ketones is 1. The number of aliphatic hydroxyl groups is 1. The Morgan fingerprint density at radius 1 is 1.00 bits per heavy atom. The zero-order chi connectivity index (χ0) is 18.5. The van der Waals surface area contributed by atoms with Crippen LogP contribution in [-0.4, -0.2) is 23.5 Å². The van der Waals surface area contributed by atoms with Crippen LogP contribution in [0, 0.1) is 0 Å². The summed E-state index contributed by atoms with van der Waals surface area (Å²) >= 11 is 3.54. The highest BCUT2D eigenvalue weighted by Gasteiger charge is 2.19. The molecule has 27 heavy (non-hydrogen) atoms. The van der Waals surface area contributed by atoms with E-state index in [9.17, 15) is 9.90 Å². The third kappa shape index (κ3) is 5.17. The van der Waals surface area contributed by atoms with E-state index in [1.54, 1.807) is 0 Å². The fraction of sp³-hybridized carbons (Fsp3) is 0.227. The van der Waals surface area contributed by atoms with Crippen LogP contribution < -0.4 is 17.7 Å². The Kier molecular flexibility index (Phi) is 7.99. The molecular formula is C22H23BrClNO2. The first kappa shape index (κ1) is 21.6. The summed E-state index contributed by atoms with van der Waals surface area (Å²) < 4.78 is 0.996. The normalized spacial score (nSPS) is 13.0. The smallest absolute Gasteiger partial charge is 0.169 e. The van der Waals surface area contributed by atoms with Crippen LogP contribution in [0.25, 0.3) is 10.8 Å². The molecule has 5 heteroatoms. The maximum absolute atomic E-state index is 12.7.